The molecule has 0 atom stereocenters. The zero-order chi connectivity index (χ0) is 18.9. The Balaban J connectivity index is 1.86. The number of hydrogen-bond acceptors (Lipinski definition) is 7. The van der Waals surface area contributed by atoms with Crippen molar-refractivity contribution in [3.63, 3.8) is 0 Å². The van der Waals surface area contributed by atoms with Crippen LogP contribution in [-0.2, 0) is 9.53 Å². The van der Waals surface area contributed by atoms with Gasteiger partial charge in [0.15, 0.2) is 13.2 Å². The smallest absolute Gasteiger partial charge is 0.344 e. The van der Waals surface area contributed by atoms with Crippen LogP contribution < -0.4 is 14.2 Å². The van der Waals surface area contributed by atoms with Crippen molar-refractivity contribution in [1.82, 2.24) is 0 Å². The molecule has 0 aliphatic rings. The molecule has 0 aliphatic carbocycles. The van der Waals surface area contributed by atoms with Gasteiger partial charge in [0.05, 0.1) is 31.4 Å². The molecule has 26 heavy (non-hydrogen) atoms. The second kappa shape index (κ2) is 9.08. The van der Waals surface area contributed by atoms with Crippen molar-refractivity contribution < 1.29 is 28.5 Å². The summed E-state index contributed by atoms with van der Waals surface area (Å²) >= 11 is 0. The van der Waals surface area contributed by atoms with E-state index < -0.39 is 18.4 Å². The van der Waals surface area contributed by atoms with E-state index >= 15 is 0 Å². The fourth-order valence-corrected chi connectivity index (χ4v) is 2.06. The van der Waals surface area contributed by atoms with E-state index in [0.717, 1.165) is 0 Å². The third kappa shape index (κ3) is 4.98. The Labute approximate surface area is 150 Å². The van der Waals surface area contributed by atoms with Crippen molar-refractivity contribution in [2.24, 2.45) is 0 Å². The van der Waals surface area contributed by atoms with Crippen LogP contribution in [0.15, 0.2) is 42.5 Å². The highest BCUT2D eigenvalue weighted by Crippen LogP contribution is 2.25. The summed E-state index contributed by atoms with van der Waals surface area (Å²) in [6.07, 6.45) is 0. The highest BCUT2D eigenvalue weighted by atomic mass is 16.6. The lowest BCUT2D eigenvalue weighted by Crippen LogP contribution is -2.19. The number of rotatable bonds is 8. The Morgan fingerprint density at radius 3 is 2.27 bits per heavy atom. The van der Waals surface area contributed by atoms with Gasteiger partial charge in [0, 0.05) is 6.07 Å². The molecule has 2 rings (SSSR count). The molecule has 0 heterocycles. The summed E-state index contributed by atoms with van der Waals surface area (Å²) in [6.45, 7) is -0.781. The average molecular weight is 355 g/mol. The molecule has 0 N–H and O–H groups in total. The number of nitrogens with zero attached hydrogens (tertiary/aromatic N) is 1. The number of ether oxygens (including phenoxy) is 4. The Bertz CT molecular complexity index is 823. The van der Waals surface area contributed by atoms with Gasteiger partial charge in [-0.25, -0.2) is 4.79 Å². The first-order valence-corrected chi connectivity index (χ1v) is 7.61. The van der Waals surface area contributed by atoms with Gasteiger partial charge in [-0.2, -0.15) is 5.26 Å². The molecule has 134 valence electrons. The number of carbonyl (C=O) groups excluding carboxylic acids is 2. The molecular formula is C19H17NO6. The molecular weight excluding hydrogens is 338 g/mol. The molecule has 2 aromatic carbocycles. The van der Waals surface area contributed by atoms with Crippen molar-refractivity contribution in [3.05, 3.63) is 53.6 Å². The molecule has 0 aromatic heterocycles. The predicted octanol–water partition coefficient (Wildman–Crippen LogP) is 2.38. The summed E-state index contributed by atoms with van der Waals surface area (Å²) in [5, 5.41) is 8.72. The van der Waals surface area contributed by atoms with E-state index in [-0.39, 0.29) is 12.2 Å². The molecule has 2 aromatic rings. The largest absolute Gasteiger partial charge is 0.497 e. The Morgan fingerprint density at radius 2 is 1.65 bits per heavy atom. The summed E-state index contributed by atoms with van der Waals surface area (Å²) in [5.41, 5.74) is 0.771. The van der Waals surface area contributed by atoms with Gasteiger partial charge < -0.3 is 18.9 Å². The van der Waals surface area contributed by atoms with Crippen molar-refractivity contribution in [2.45, 2.75) is 0 Å². The van der Waals surface area contributed by atoms with Crippen molar-refractivity contribution >= 4 is 11.8 Å². The first kappa shape index (κ1) is 18.8. The van der Waals surface area contributed by atoms with Gasteiger partial charge in [-0.05, 0) is 36.4 Å². The normalized spacial score (nSPS) is 9.73. The van der Waals surface area contributed by atoms with Crippen molar-refractivity contribution in [3.8, 4) is 23.3 Å². The Hall–Kier alpha value is -3.53. The van der Waals surface area contributed by atoms with Gasteiger partial charge in [-0.3, -0.25) is 4.79 Å². The first-order valence-electron chi connectivity index (χ1n) is 7.61. The number of ketones is 1. The monoisotopic (exact) mass is 355 g/mol. The minimum atomic E-state index is -0.685. The molecule has 0 fully saturated rings. The number of nitriles is 1. The van der Waals surface area contributed by atoms with E-state index in [1.807, 2.05) is 6.07 Å². The second-order valence-electron chi connectivity index (χ2n) is 5.07. The molecule has 7 nitrogen and oxygen atoms in total. The number of carbonyl (C=O) groups is 2. The van der Waals surface area contributed by atoms with E-state index in [1.165, 1.54) is 14.2 Å². The summed E-state index contributed by atoms with van der Waals surface area (Å²) in [6, 6.07) is 13.0. The lowest BCUT2D eigenvalue weighted by atomic mass is 10.1. The van der Waals surface area contributed by atoms with E-state index in [9.17, 15) is 9.59 Å². The Morgan fingerprint density at radius 1 is 0.962 bits per heavy atom. The maximum Gasteiger partial charge on any atom is 0.344 e. The van der Waals surface area contributed by atoms with Crippen LogP contribution in [0.2, 0.25) is 0 Å². The summed E-state index contributed by atoms with van der Waals surface area (Å²) in [5.74, 6) is 0.209. The maximum absolute atomic E-state index is 12.2. The summed E-state index contributed by atoms with van der Waals surface area (Å²) in [7, 11) is 2.94. The van der Waals surface area contributed by atoms with E-state index in [0.29, 0.717) is 22.8 Å². The van der Waals surface area contributed by atoms with Gasteiger partial charge in [-0.1, -0.05) is 0 Å². The van der Waals surface area contributed by atoms with Crippen LogP contribution in [0.3, 0.4) is 0 Å². The lowest BCUT2D eigenvalue weighted by Gasteiger charge is -2.10. The maximum atomic E-state index is 12.2. The van der Waals surface area contributed by atoms with Gasteiger partial charge >= 0.3 is 5.97 Å². The summed E-state index contributed by atoms with van der Waals surface area (Å²) < 4.78 is 20.4. The van der Waals surface area contributed by atoms with Crippen LogP contribution in [0.5, 0.6) is 17.2 Å². The van der Waals surface area contributed by atoms with E-state index in [2.05, 4.69) is 0 Å². The highest BCUT2D eigenvalue weighted by Gasteiger charge is 2.16. The molecule has 0 spiro atoms. The minimum absolute atomic E-state index is 0.286. The summed E-state index contributed by atoms with van der Waals surface area (Å²) in [4.78, 5) is 23.9. The van der Waals surface area contributed by atoms with E-state index in [4.69, 9.17) is 24.2 Å². The number of methoxy groups -OCH3 is 2. The van der Waals surface area contributed by atoms with Crippen molar-refractivity contribution in [2.75, 3.05) is 27.4 Å². The molecule has 0 amide bonds. The van der Waals surface area contributed by atoms with Gasteiger partial charge in [0.2, 0.25) is 5.78 Å². The average Bonchev–Trinajstić information content (AvgIpc) is 2.70. The molecule has 0 saturated carbocycles. The quantitative estimate of drug-likeness (QED) is 0.530. The zero-order valence-electron chi connectivity index (χ0n) is 14.4. The molecule has 7 heteroatoms. The third-order valence-corrected chi connectivity index (χ3v) is 3.41. The standard InChI is InChI=1S/C19H17NO6/c1-23-15-7-8-16(18(9-15)24-2)17(21)11-26-19(22)12-25-14-5-3-13(10-20)4-6-14/h3-9H,11-12H2,1-2H3. The predicted molar refractivity (Wildman–Crippen MR) is 91.5 cm³/mol. The Kier molecular flexibility index (Phi) is 6.57. The second-order valence-corrected chi connectivity index (χ2v) is 5.07. The third-order valence-electron chi connectivity index (χ3n) is 3.41. The molecule has 0 saturated heterocycles. The van der Waals surface area contributed by atoms with Crippen LogP contribution in [0, 0.1) is 11.3 Å². The number of benzene rings is 2. The first-order chi connectivity index (χ1) is 12.6. The van der Waals surface area contributed by atoms with E-state index in [1.54, 1.807) is 42.5 Å². The molecule has 0 radical (unpaired) electrons. The van der Waals surface area contributed by atoms with Crippen LogP contribution in [0.4, 0.5) is 0 Å². The van der Waals surface area contributed by atoms with Crippen LogP contribution in [0.25, 0.3) is 0 Å². The molecule has 0 unspecified atom stereocenters. The number of esters is 1. The molecule has 0 aliphatic heterocycles. The lowest BCUT2D eigenvalue weighted by molar-refractivity contribution is -0.144. The minimum Gasteiger partial charge on any atom is -0.497 e. The van der Waals surface area contributed by atoms with Crippen LogP contribution in [0.1, 0.15) is 15.9 Å². The van der Waals surface area contributed by atoms with Gasteiger partial charge in [0.25, 0.3) is 0 Å². The van der Waals surface area contributed by atoms with Crippen LogP contribution >= 0.6 is 0 Å². The van der Waals surface area contributed by atoms with Crippen LogP contribution in [-0.4, -0.2) is 39.2 Å². The van der Waals surface area contributed by atoms with Gasteiger partial charge in [-0.15, -0.1) is 0 Å². The fourth-order valence-electron chi connectivity index (χ4n) is 2.06. The van der Waals surface area contributed by atoms with Gasteiger partial charge in [0.1, 0.15) is 17.2 Å². The number of hydrogen-bond donors (Lipinski definition) is 0. The fraction of sp³-hybridized carbons (Fsp3) is 0.211. The zero-order valence-corrected chi connectivity index (χ0v) is 14.4. The molecule has 0 bridgehead atoms. The topological polar surface area (TPSA) is 94.9 Å². The number of Topliss-reactive ketones (excluding diaryl/α,β-unsaturated/α-hetero) is 1. The SMILES string of the molecule is COc1ccc(C(=O)COC(=O)COc2ccc(C#N)cc2)c(OC)c1. The van der Waals surface area contributed by atoms with Crippen molar-refractivity contribution in [1.29, 1.82) is 5.26 Å². The highest BCUT2D eigenvalue weighted by molar-refractivity contribution is 6.00.